The summed E-state index contributed by atoms with van der Waals surface area (Å²) in [5.74, 6) is 0. The first-order valence-electron chi connectivity index (χ1n) is 5.17. The van der Waals surface area contributed by atoms with Crippen LogP contribution >= 0.6 is 11.3 Å². The molecule has 2 heterocycles. The van der Waals surface area contributed by atoms with E-state index in [-0.39, 0.29) is 0 Å². The van der Waals surface area contributed by atoms with E-state index in [1.807, 2.05) is 11.3 Å². The summed E-state index contributed by atoms with van der Waals surface area (Å²) in [5.41, 5.74) is 1.60. The van der Waals surface area contributed by atoms with Gasteiger partial charge in [0.15, 0.2) is 0 Å². The summed E-state index contributed by atoms with van der Waals surface area (Å²) >= 11 is 1.92. The van der Waals surface area contributed by atoms with E-state index in [0.29, 0.717) is 0 Å². The fourth-order valence-electron chi connectivity index (χ4n) is 1.86. The van der Waals surface area contributed by atoms with Crippen LogP contribution in [0.4, 0.5) is 0 Å². The third kappa shape index (κ3) is 2.12. The van der Waals surface area contributed by atoms with Gasteiger partial charge in [0.25, 0.3) is 0 Å². The Morgan fingerprint density at radius 2 is 2.46 bits per heavy atom. The summed E-state index contributed by atoms with van der Waals surface area (Å²) in [6.07, 6.45) is 3.93. The normalized spacial score (nSPS) is 17.3. The molecule has 0 radical (unpaired) electrons. The maximum atomic E-state index is 2.59. The number of thiophene rings is 1. The lowest BCUT2D eigenvalue weighted by atomic mass is 10.1. The molecular formula is C11H17NS. The van der Waals surface area contributed by atoms with Crippen LogP contribution in [-0.2, 0) is 13.0 Å². The molecule has 0 unspecified atom stereocenters. The predicted molar refractivity (Wildman–Crippen MR) is 58.2 cm³/mol. The fourth-order valence-corrected chi connectivity index (χ4v) is 2.84. The van der Waals surface area contributed by atoms with Crippen molar-refractivity contribution >= 4 is 11.3 Å². The standard InChI is InChI=1S/C11H17NS/c1-2-3-6-12-7-4-10-5-8-13-11(10)9-12/h5,8H,2-4,6-7,9H2,1H3. The van der Waals surface area contributed by atoms with Gasteiger partial charge in [-0.2, -0.15) is 0 Å². The Hall–Kier alpha value is -0.340. The zero-order chi connectivity index (χ0) is 9.10. The Bertz CT molecular complexity index is 267. The molecule has 1 nitrogen and oxygen atoms in total. The highest BCUT2D eigenvalue weighted by Gasteiger charge is 2.15. The number of hydrogen-bond acceptors (Lipinski definition) is 2. The number of hydrogen-bond donors (Lipinski definition) is 0. The summed E-state index contributed by atoms with van der Waals surface area (Å²) in [7, 11) is 0. The second-order valence-electron chi connectivity index (χ2n) is 3.75. The highest BCUT2D eigenvalue weighted by Crippen LogP contribution is 2.23. The van der Waals surface area contributed by atoms with E-state index >= 15 is 0 Å². The van der Waals surface area contributed by atoms with Gasteiger partial charge in [-0.15, -0.1) is 11.3 Å². The van der Waals surface area contributed by atoms with Crippen LogP contribution < -0.4 is 0 Å². The van der Waals surface area contributed by atoms with Crippen LogP contribution in [0.3, 0.4) is 0 Å². The third-order valence-corrected chi connectivity index (χ3v) is 3.68. The first-order chi connectivity index (χ1) is 6.40. The Kier molecular flexibility index (Phi) is 3.01. The second kappa shape index (κ2) is 4.25. The molecule has 72 valence electrons. The lowest BCUT2D eigenvalue weighted by Crippen LogP contribution is -2.30. The van der Waals surface area contributed by atoms with Crippen molar-refractivity contribution in [1.29, 1.82) is 0 Å². The molecular weight excluding hydrogens is 178 g/mol. The topological polar surface area (TPSA) is 3.24 Å². The minimum atomic E-state index is 1.20. The zero-order valence-electron chi connectivity index (χ0n) is 8.25. The van der Waals surface area contributed by atoms with Crippen LogP contribution in [0.15, 0.2) is 11.4 Å². The lowest BCUT2D eigenvalue weighted by molar-refractivity contribution is 0.253. The maximum absolute atomic E-state index is 2.59. The van der Waals surface area contributed by atoms with Gasteiger partial charge < -0.3 is 0 Å². The molecule has 0 bridgehead atoms. The van der Waals surface area contributed by atoms with Crippen LogP contribution in [0.25, 0.3) is 0 Å². The Labute approximate surface area is 84.4 Å². The summed E-state index contributed by atoms with van der Waals surface area (Å²) in [5, 5.41) is 2.23. The quantitative estimate of drug-likeness (QED) is 0.717. The molecule has 0 spiro atoms. The first-order valence-corrected chi connectivity index (χ1v) is 6.05. The molecule has 1 aliphatic heterocycles. The summed E-state index contributed by atoms with van der Waals surface area (Å²) < 4.78 is 0. The van der Waals surface area contributed by atoms with Gasteiger partial charge in [0.2, 0.25) is 0 Å². The molecule has 13 heavy (non-hydrogen) atoms. The smallest absolute Gasteiger partial charge is 0.0330 e. The van der Waals surface area contributed by atoms with Gasteiger partial charge >= 0.3 is 0 Å². The SMILES string of the molecule is CCCCN1CCc2ccsc2C1. The number of rotatable bonds is 3. The second-order valence-corrected chi connectivity index (χ2v) is 4.75. The van der Waals surface area contributed by atoms with E-state index in [1.54, 1.807) is 10.4 Å². The van der Waals surface area contributed by atoms with Crippen molar-refractivity contribution in [3.63, 3.8) is 0 Å². The van der Waals surface area contributed by atoms with Gasteiger partial charge in [0, 0.05) is 18.0 Å². The number of unbranched alkanes of at least 4 members (excludes halogenated alkanes) is 1. The molecule has 0 aliphatic carbocycles. The van der Waals surface area contributed by atoms with Gasteiger partial charge in [0.1, 0.15) is 0 Å². The van der Waals surface area contributed by atoms with E-state index < -0.39 is 0 Å². The molecule has 0 saturated carbocycles. The minimum Gasteiger partial charge on any atom is -0.298 e. The van der Waals surface area contributed by atoms with Gasteiger partial charge in [-0.25, -0.2) is 0 Å². The van der Waals surface area contributed by atoms with Crippen LogP contribution in [0.2, 0.25) is 0 Å². The maximum Gasteiger partial charge on any atom is 0.0330 e. The molecule has 0 aromatic carbocycles. The van der Waals surface area contributed by atoms with Crippen molar-refractivity contribution in [2.75, 3.05) is 13.1 Å². The third-order valence-electron chi connectivity index (χ3n) is 2.73. The minimum absolute atomic E-state index is 1.20. The van der Waals surface area contributed by atoms with Crippen LogP contribution in [0, 0.1) is 0 Å². The average molecular weight is 195 g/mol. The fraction of sp³-hybridized carbons (Fsp3) is 0.636. The molecule has 1 aromatic heterocycles. The first kappa shape index (κ1) is 9.22. The van der Waals surface area contributed by atoms with Gasteiger partial charge in [-0.05, 0) is 36.4 Å². The Morgan fingerprint density at radius 3 is 3.31 bits per heavy atom. The summed E-state index contributed by atoms with van der Waals surface area (Å²) in [6, 6.07) is 2.29. The van der Waals surface area contributed by atoms with Crippen molar-refractivity contribution in [2.24, 2.45) is 0 Å². The predicted octanol–water partition coefficient (Wildman–Crippen LogP) is 2.91. The molecule has 0 atom stereocenters. The lowest BCUT2D eigenvalue weighted by Gasteiger charge is -2.26. The molecule has 1 aliphatic rings. The van der Waals surface area contributed by atoms with Crippen molar-refractivity contribution in [1.82, 2.24) is 4.90 Å². The van der Waals surface area contributed by atoms with Crippen LogP contribution in [0.1, 0.15) is 30.2 Å². The Morgan fingerprint density at radius 1 is 1.54 bits per heavy atom. The van der Waals surface area contributed by atoms with Gasteiger partial charge in [0.05, 0.1) is 0 Å². The van der Waals surface area contributed by atoms with E-state index in [2.05, 4.69) is 23.3 Å². The van der Waals surface area contributed by atoms with Gasteiger partial charge in [-0.1, -0.05) is 13.3 Å². The van der Waals surface area contributed by atoms with Crippen molar-refractivity contribution in [3.8, 4) is 0 Å². The molecule has 0 amide bonds. The molecule has 1 aromatic rings. The van der Waals surface area contributed by atoms with E-state index in [0.717, 1.165) is 0 Å². The number of fused-ring (bicyclic) bond motifs is 1. The Balaban J connectivity index is 1.93. The molecule has 0 N–H and O–H groups in total. The monoisotopic (exact) mass is 195 g/mol. The van der Waals surface area contributed by atoms with Crippen molar-refractivity contribution in [2.45, 2.75) is 32.7 Å². The highest BCUT2D eigenvalue weighted by molar-refractivity contribution is 7.10. The molecule has 0 saturated heterocycles. The summed E-state index contributed by atoms with van der Waals surface area (Å²) in [6.45, 7) is 6.02. The van der Waals surface area contributed by atoms with E-state index in [4.69, 9.17) is 0 Å². The largest absolute Gasteiger partial charge is 0.298 e. The average Bonchev–Trinajstić information content (AvgIpc) is 2.61. The highest BCUT2D eigenvalue weighted by atomic mass is 32.1. The van der Waals surface area contributed by atoms with Crippen LogP contribution in [-0.4, -0.2) is 18.0 Å². The van der Waals surface area contributed by atoms with Crippen molar-refractivity contribution in [3.05, 3.63) is 21.9 Å². The van der Waals surface area contributed by atoms with E-state index in [9.17, 15) is 0 Å². The van der Waals surface area contributed by atoms with Crippen molar-refractivity contribution < 1.29 is 0 Å². The van der Waals surface area contributed by atoms with E-state index in [1.165, 1.54) is 38.9 Å². The molecule has 2 heteroatoms. The molecule has 0 fully saturated rings. The summed E-state index contributed by atoms with van der Waals surface area (Å²) in [4.78, 5) is 4.19. The number of nitrogens with zero attached hydrogens (tertiary/aromatic N) is 1. The van der Waals surface area contributed by atoms with Gasteiger partial charge in [-0.3, -0.25) is 4.90 Å². The van der Waals surface area contributed by atoms with Crippen LogP contribution in [0.5, 0.6) is 0 Å². The molecule has 2 rings (SSSR count). The zero-order valence-corrected chi connectivity index (χ0v) is 9.07.